The highest BCUT2D eigenvalue weighted by Gasteiger charge is 2.13. The molecule has 0 bridgehead atoms. The second-order valence-corrected chi connectivity index (χ2v) is 4.08. The minimum absolute atomic E-state index is 0.0498. The number of hydrogen-bond acceptors (Lipinski definition) is 5. The first-order valence-corrected chi connectivity index (χ1v) is 5.90. The van der Waals surface area contributed by atoms with Crippen molar-refractivity contribution in [3.63, 3.8) is 0 Å². The third-order valence-electron chi connectivity index (χ3n) is 2.49. The fourth-order valence-corrected chi connectivity index (χ4v) is 1.74. The van der Waals surface area contributed by atoms with Crippen molar-refractivity contribution in [3.05, 3.63) is 40.7 Å². The van der Waals surface area contributed by atoms with Crippen molar-refractivity contribution < 1.29 is 9.84 Å². The van der Waals surface area contributed by atoms with Crippen LogP contribution in [-0.2, 0) is 19.8 Å². The molecule has 98 valence electrons. The van der Waals surface area contributed by atoms with Crippen LogP contribution < -0.4 is 4.74 Å². The quantitative estimate of drug-likeness (QED) is 0.896. The van der Waals surface area contributed by atoms with Crippen molar-refractivity contribution >= 4 is 11.6 Å². The number of hydrogen-bond donors (Lipinski definition) is 1. The molecule has 2 aromatic rings. The molecule has 7 heteroatoms. The molecule has 1 aromatic heterocycles. The summed E-state index contributed by atoms with van der Waals surface area (Å²) in [4.78, 5) is 0. The van der Waals surface area contributed by atoms with Crippen molar-refractivity contribution in [1.29, 1.82) is 5.26 Å². The molecule has 0 fully saturated rings. The first-order chi connectivity index (χ1) is 9.26. The Morgan fingerprint density at radius 2 is 2.21 bits per heavy atom. The Labute approximate surface area is 114 Å². The van der Waals surface area contributed by atoms with Gasteiger partial charge >= 0.3 is 0 Å². The Morgan fingerprint density at radius 3 is 2.89 bits per heavy atom. The number of halogens is 1. The van der Waals surface area contributed by atoms with Crippen LogP contribution >= 0.6 is 11.6 Å². The van der Waals surface area contributed by atoms with E-state index in [9.17, 15) is 5.11 Å². The van der Waals surface area contributed by atoms with Crippen molar-refractivity contribution in [2.45, 2.75) is 19.8 Å². The Morgan fingerprint density at radius 1 is 1.42 bits per heavy atom. The van der Waals surface area contributed by atoms with Gasteiger partial charge < -0.3 is 9.84 Å². The average Bonchev–Trinajstić information content (AvgIpc) is 2.80. The molecule has 19 heavy (non-hydrogen) atoms. The lowest BCUT2D eigenvalue weighted by Gasteiger charge is -2.08. The van der Waals surface area contributed by atoms with Crippen LogP contribution in [0.1, 0.15) is 11.4 Å². The topological polar surface area (TPSA) is 84.0 Å². The SMILES string of the molecule is N#CCn1nnc(CO)c1COc1ccccc1Cl. The molecule has 0 saturated heterocycles. The summed E-state index contributed by atoms with van der Waals surface area (Å²) in [6, 6.07) is 9.03. The van der Waals surface area contributed by atoms with E-state index in [1.807, 2.05) is 6.07 Å². The summed E-state index contributed by atoms with van der Waals surface area (Å²) in [7, 11) is 0. The fourth-order valence-electron chi connectivity index (χ4n) is 1.55. The van der Waals surface area contributed by atoms with Gasteiger partial charge in [-0.1, -0.05) is 28.9 Å². The van der Waals surface area contributed by atoms with Gasteiger partial charge in [0.1, 0.15) is 30.3 Å². The van der Waals surface area contributed by atoms with Crippen LogP contribution in [0.4, 0.5) is 0 Å². The minimum atomic E-state index is -0.257. The molecule has 0 aliphatic heterocycles. The molecule has 1 heterocycles. The Balaban J connectivity index is 2.17. The third-order valence-corrected chi connectivity index (χ3v) is 2.80. The number of aromatic nitrogens is 3. The zero-order chi connectivity index (χ0) is 13.7. The lowest BCUT2D eigenvalue weighted by atomic mass is 10.3. The molecule has 0 spiro atoms. The summed E-state index contributed by atoms with van der Waals surface area (Å²) in [5.74, 6) is 0.526. The monoisotopic (exact) mass is 278 g/mol. The molecule has 0 radical (unpaired) electrons. The number of para-hydroxylation sites is 1. The highest BCUT2D eigenvalue weighted by atomic mass is 35.5. The number of ether oxygens (including phenoxy) is 1. The molecule has 0 aliphatic rings. The third kappa shape index (κ3) is 3.02. The molecule has 1 N–H and O–H groups in total. The van der Waals surface area contributed by atoms with Crippen LogP contribution in [0.5, 0.6) is 5.75 Å². The van der Waals surface area contributed by atoms with E-state index < -0.39 is 0 Å². The van der Waals surface area contributed by atoms with E-state index in [0.717, 1.165) is 0 Å². The first-order valence-electron chi connectivity index (χ1n) is 5.52. The van der Waals surface area contributed by atoms with Gasteiger partial charge in [0.15, 0.2) is 0 Å². The van der Waals surface area contributed by atoms with Crippen molar-refractivity contribution in [2.75, 3.05) is 0 Å². The summed E-state index contributed by atoms with van der Waals surface area (Å²) < 4.78 is 6.95. The average molecular weight is 279 g/mol. The van der Waals surface area contributed by atoms with Crippen LogP contribution in [0.15, 0.2) is 24.3 Å². The maximum absolute atomic E-state index is 9.17. The summed E-state index contributed by atoms with van der Waals surface area (Å²) >= 11 is 5.97. The molecule has 2 rings (SSSR count). The summed E-state index contributed by atoms with van der Waals surface area (Å²) in [5.41, 5.74) is 0.950. The standard InChI is InChI=1S/C12H11ClN4O2/c13-9-3-1-2-4-12(9)19-8-11-10(7-18)15-16-17(11)6-5-14/h1-4,18H,6-8H2. The normalized spacial score (nSPS) is 10.2. The predicted molar refractivity (Wildman–Crippen MR) is 67.3 cm³/mol. The summed E-state index contributed by atoms with van der Waals surface area (Å²) in [6.07, 6.45) is 0. The highest BCUT2D eigenvalue weighted by molar-refractivity contribution is 6.32. The fraction of sp³-hybridized carbons (Fsp3) is 0.250. The Bertz CT molecular complexity index is 606. The van der Waals surface area contributed by atoms with Gasteiger partial charge in [-0.05, 0) is 12.1 Å². The van der Waals surface area contributed by atoms with E-state index in [1.165, 1.54) is 4.68 Å². The number of aliphatic hydroxyl groups excluding tert-OH is 1. The molecule has 0 saturated carbocycles. The van der Waals surface area contributed by atoms with Gasteiger partial charge in [0, 0.05) is 0 Å². The van der Waals surface area contributed by atoms with E-state index in [4.69, 9.17) is 21.6 Å². The number of benzene rings is 1. The number of aliphatic hydroxyl groups is 1. The van der Waals surface area contributed by atoms with Gasteiger partial charge in [0.25, 0.3) is 0 Å². The number of rotatable bonds is 5. The van der Waals surface area contributed by atoms with Crippen molar-refractivity contribution in [2.24, 2.45) is 0 Å². The van der Waals surface area contributed by atoms with E-state index in [1.54, 1.807) is 24.3 Å². The molecule has 0 unspecified atom stereocenters. The minimum Gasteiger partial charge on any atom is -0.486 e. The largest absolute Gasteiger partial charge is 0.486 e. The van der Waals surface area contributed by atoms with Crippen LogP contribution in [0.25, 0.3) is 0 Å². The summed E-state index contributed by atoms with van der Waals surface area (Å²) in [6.45, 7) is -0.0742. The van der Waals surface area contributed by atoms with Crippen LogP contribution in [-0.4, -0.2) is 20.1 Å². The highest BCUT2D eigenvalue weighted by Crippen LogP contribution is 2.24. The van der Waals surface area contributed by atoms with E-state index >= 15 is 0 Å². The molecule has 0 aliphatic carbocycles. The van der Waals surface area contributed by atoms with Crippen LogP contribution in [0.3, 0.4) is 0 Å². The molecule has 0 amide bonds. The van der Waals surface area contributed by atoms with Gasteiger partial charge in [-0.25, -0.2) is 4.68 Å². The van der Waals surface area contributed by atoms with Crippen molar-refractivity contribution in [1.82, 2.24) is 15.0 Å². The zero-order valence-electron chi connectivity index (χ0n) is 9.95. The second-order valence-electron chi connectivity index (χ2n) is 3.68. The van der Waals surface area contributed by atoms with E-state index in [-0.39, 0.29) is 19.8 Å². The van der Waals surface area contributed by atoms with E-state index in [2.05, 4.69) is 10.3 Å². The lowest BCUT2D eigenvalue weighted by Crippen LogP contribution is -2.09. The van der Waals surface area contributed by atoms with Crippen LogP contribution in [0.2, 0.25) is 5.02 Å². The first kappa shape index (κ1) is 13.3. The maximum Gasteiger partial charge on any atom is 0.138 e. The predicted octanol–water partition coefficient (Wildman–Crippen LogP) is 1.53. The molecule has 1 aromatic carbocycles. The van der Waals surface area contributed by atoms with Crippen LogP contribution in [0, 0.1) is 11.3 Å². The molecular weight excluding hydrogens is 268 g/mol. The Hall–Kier alpha value is -2.10. The second kappa shape index (κ2) is 6.18. The molecule has 0 atom stereocenters. The van der Waals surface area contributed by atoms with Gasteiger partial charge in [-0.2, -0.15) is 5.26 Å². The van der Waals surface area contributed by atoms with Gasteiger partial charge in [0.2, 0.25) is 0 Å². The molecule has 6 nitrogen and oxygen atoms in total. The zero-order valence-corrected chi connectivity index (χ0v) is 10.7. The summed E-state index contributed by atoms with van der Waals surface area (Å²) in [5, 5.41) is 25.9. The number of nitrogens with zero attached hydrogens (tertiary/aromatic N) is 4. The Kier molecular flexibility index (Phi) is 4.34. The van der Waals surface area contributed by atoms with E-state index in [0.29, 0.717) is 22.2 Å². The van der Waals surface area contributed by atoms with Gasteiger partial charge in [0.05, 0.1) is 17.7 Å². The smallest absolute Gasteiger partial charge is 0.138 e. The van der Waals surface area contributed by atoms with Gasteiger partial charge in [-0.15, -0.1) is 5.10 Å². The maximum atomic E-state index is 9.17. The van der Waals surface area contributed by atoms with Gasteiger partial charge in [-0.3, -0.25) is 0 Å². The lowest BCUT2D eigenvalue weighted by molar-refractivity contribution is 0.262. The number of nitriles is 1. The van der Waals surface area contributed by atoms with Crippen molar-refractivity contribution in [3.8, 4) is 11.8 Å². The molecular formula is C12H11ClN4O2.